The number of amides is 1. The highest BCUT2D eigenvalue weighted by Crippen LogP contribution is 2.25. The van der Waals surface area contributed by atoms with Crippen molar-refractivity contribution in [2.75, 3.05) is 19.5 Å². The molecule has 0 bridgehead atoms. The molecule has 0 saturated heterocycles. The van der Waals surface area contributed by atoms with Crippen LogP contribution < -0.4 is 14.8 Å². The van der Waals surface area contributed by atoms with E-state index < -0.39 is 0 Å². The zero-order valence-electron chi connectivity index (χ0n) is 8.16. The summed E-state index contributed by atoms with van der Waals surface area (Å²) < 4.78 is 10.1. The summed E-state index contributed by atoms with van der Waals surface area (Å²) in [5, 5.41) is 2.54. The van der Waals surface area contributed by atoms with Gasteiger partial charge >= 0.3 is 0 Å². The number of carbonyl (C=O) groups excluding carboxylic acids is 1. The molecule has 0 saturated carbocycles. The predicted octanol–water partition coefficient (Wildman–Crippen LogP) is 1.48. The number of anilines is 1. The summed E-state index contributed by atoms with van der Waals surface area (Å²) in [5.74, 6) is 0.863. The number of nitrogens with one attached hydrogen (secondary N) is 1. The molecule has 4 heteroatoms. The summed E-state index contributed by atoms with van der Waals surface area (Å²) >= 11 is 0. The largest absolute Gasteiger partial charge is 0.497 e. The van der Waals surface area contributed by atoms with Crippen molar-refractivity contribution in [2.45, 2.75) is 0 Å². The molecule has 0 fully saturated rings. The van der Waals surface area contributed by atoms with Gasteiger partial charge in [0.1, 0.15) is 11.5 Å². The van der Waals surface area contributed by atoms with Crippen molar-refractivity contribution in [2.24, 2.45) is 0 Å². The second kappa shape index (κ2) is 4.50. The molecule has 1 N–H and O–H groups in total. The molecule has 14 heavy (non-hydrogen) atoms. The summed E-state index contributed by atoms with van der Waals surface area (Å²) in [6, 6.07) is 5.09. The molecule has 0 aliphatic rings. The fraction of sp³-hybridized carbons (Fsp3) is 0.200. The van der Waals surface area contributed by atoms with Gasteiger partial charge in [-0.25, -0.2) is 0 Å². The highest BCUT2D eigenvalue weighted by Gasteiger charge is 2.02. The third-order valence-electron chi connectivity index (χ3n) is 1.64. The molecule has 75 valence electrons. The molecule has 1 amide bonds. The average Bonchev–Trinajstić information content (AvgIpc) is 2.16. The van der Waals surface area contributed by atoms with Gasteiger partial charge in [0, 0.05) is 30.8 Å². The average molecular weight is 194 g/mol. The van der Waals surface area contributed by atoms with Crippen molar-refractivity contribution in [1.82, 2.24) is 0 Å². The van der Waals surface area contributed by atoms with Crippen molar-refractivity contribution in [3.63, 3.8) is 0 Å². The second-order valence-corrected chi connectivity index (χ2v) is 2.65. The first-order chi connectivity index (χ1) is 6.65. The molecule has 1 rings (SSSR count). The van der Waals surface area contributed by atoms with Crippen molar-refractivity contribution in [1.29, 1.82) is 0 Å². The number of carbonyl (C=O) groups is 1. The molecule has 0 spiro atoms. The Bertz CT molecular complexity index is 314. The first kappa shape index (κ1) is 10.4. The molecule has 0 unspecified atom stereocenters. The van der Waals surface area contributed by atoms with Crippen LogP contribution in [0, 0.1) is 6.92 Å². The molecule has 0 atom stereocenters. The second-order valence-electron chi connectivity index (χ2n) is 2.65. The van der Waals surface area contributed by atoms with E-state index in [4.69, 9.17) is 9.47 Å². The Morgan fingerprint density at radius 2 is 1.71 bits per heavy atom. The van der Waals surface area contributed by atoms with Gasteiger partial charge in [0.15, 0.2) is 0 Å². The molecule has 1 aromatic rings. The van der Waals surface area contributed by atoms with Crippen LogP contribution in [0.3, 0.4) is 0 Å². The van der Waals surface area contributed by atoms with Gasteiger partial charge < -0.3 is 14.8 Å². The number of methoxy groups -OCH3 is 2. The zero-order chi connectivity index (χ0) is 10.6. The zero-order valence-corrected chi connectivity index (χ0v) is 8.16. The van der Waals surface area contributed by atoms with Crippen molar-refractivity contribution < 1.29 is 14.3 Å². The molecule has 1 aromatic carbocycles. The molecule has 1 radical (unpaired) electrons. The maximum absolute atomic E-state index is 10.7. The standard InChI is InChI=1S/C10H12NO3/c1-7(12)11-8-4-9(13-2)6-10(5-8)14-3/h4-6H,1H2,2-3H3,(H,11,12). The van der Waals surface area contributed by atoms with E-state index in [1.807, 2.05) is 0 Å². The molecule has 0 heterocycles. The van der Waals surface area contributed by atoms with Crippen LogP contribution in [0.4, 0.5) is 5.69 Å². The van der Waals surface area contributed by atoms with Crippen LogP contribution in [0.1, 0.15) is 0 Å². The van der Waals surface area contributed by atoms with Crippen LogP contribution in [0.5, 0.6) is 11.5 Å². The van der Waals surface area contributed by atoms with Crippen LogP contribution in [0.2, 0.25) is 0 Å². The maximum atomic E-state index is 10.7. The summed E-state index contributed by atoms with van der Waals surface area (Å²) in [7, 11) is 3.09. The first-order valence-corrected chi connectivity index (χ1v) is 4.01. The van der Waals surface area contributed by atoms with Crippen LogP contribution >= 0.6 is 0 Å². The van der Waals surface area contributed by atoms with E-state index in [0.29, 0.717) is 17.2 Å². The minimum Gasteiger partial charge on any atom is -0.497 e. The third-order valence-corrected chi connectivity index (χ3v) is 1.64. The highest BCUT2D eigenvalue weighted by molar-refractivity contribution is 5.94. The Labute approximate surface area is 82.8 Å². The molecule has 0 aromatic heterocycles. The quantitative estimate of drug-likeness (QED) is 0.792. The fourth-order valence-corrected chi connectivity index (χ4v) is 1.04. The van der Waals surface area contributed by atoms with Gasteiger partial charge in [-0.05, 0) is 0 Å². The van der Waals surface area contributed by atoms with Crippen molar-refractivity contribution in [3.8, 4) is 11.5 Å². The lowest BCUT2D eigenvalue weighted by Gasteiger charge is -2.08. The Hall–Kier alpha value is -1.71. The minimum absolute atomic E-state index is 0.375. The van der Waals surface area contributed by atoms with Gasteiger partial charge in [0.25, 0.3) is 0 Å². The lowest BCUT2D eigenvalue weighted by atomic mass is 10.2. The Morgan fingerprint density at radius 3 is 2.07 bits per heavy atom. The Morgan fingerprint density at radius 1 is 1.21 bits per heavy atom. The number of ether oxygens (including phenoxy) is 2. The Kier molecular flexibility index (Phi) is 3.34. The summed E-state index contributed by atoms with van der Waals surface area (Å²) in [6.07, 6.45) is 0. The van der Waals surface area contributed by atoms with E-state index in [-0.39, 0.29) is 5.91 Å². The van der Waals surface area contributed by atoms with E-state index in [9.17, 15) is 4.79 Å². The van der Waals surface area contributed by atoms with Crippen molar-refractivity contribution in [3.05, 3.63) is 25.1 Å². The molecular formula is C10H12NO3. The van der Waals surface area contributed by atoms with Gasteiger partial charge in [0.05, 0.1) is 14.2 Å². The van der Waals surface area contributed by atoms with Gasteiger partial charge in [-0.2, -0.15) is 0 Å². The SMILES string of the molecule is [CH2]C(=O)Nc1cc(OC)cc(OC)c1. The minimum atomic E-state index is -0.375. The van der Waals surface area contributed by atoms with Gasteiger partial charge in [-0.15, -0.1) is 0 Å². The lowest BCUT2D eigenvalue weighted by molar-refractivity contribution is -0.112. The summed E-state index contributed by atoms with van der Waals surface area (Å²) in [5.41, 5.74) is 0.598. The van der Waals surface area contributed by atoms with E-state index in [1.165, 1.54) is 0 Å². The highest BCUT2D eigenvalue weighted by atomic mass is 16.5. The van der Waals surface area contributed by atoms with E-state index in [2.05, 4.69) is 12.2 Å². The van der Waals surface area contributed by atoms with Gasteiger partial charge in [-0.1, -0.05) is 0 Å². The molecule has 0 aliphatic carbocycles. The van der Waals surface area contributed by atoms with Gasteiger partial charge in [0.2, 0.25) is 5.91 Å². The van der Waals surface area contributed by atoms with E-state index in [1.54, 1.807) is 32.4 Å². The monoisotopic (exact) mass is 194 g/mol. The van der Waals surface area contributed by atoms with Crippen molar-refractivity contribution >= 4 is 11.6 Å². The number of benzene rings is 1. The Balaban J connectivity index is 2.98. The third kappa shape index (κ3) is 2.65. The summed E-state index contributed by atoms with van der Waals surface area (Å²) in [4.78, 5) is 10.7. The van der Waals surface area contributed by atoms with Crippen LogP contribution in [0.15, 0.2) is 18.2 Å². The number of hydrogen-bond acceptors (Lipinski definition) is 3. The normalized spacial score (nSPS) is 9.36. The van der Waals surface area contributed by atoms with Crippen LogP contribution in [0.25, 0.3) is 0 Å². The topological polar surface area (TPSA) is 47.6 Å². The van der Waals surface area contributed by atoms with E-state index in [0.717, 1.165) is 0 Å². The maximum Gasteiger partial charge on any atom is 0.224 e. The van der Waals surface area contributed by atoms with Crippen LogP contribution in [-0.2, 0) is 4.79 Å². The van der Waals surface area contributed by atoms with E-state index >= 15 is 0 Å². The molecule has 4 nitrogen and oxygen atoms in total. The number of rotatable bonds is 3. The molecule has 0 aliphatic heterocycles. The number of hydrogen-bond donors (Lipinski definition) is 1. The first-order valence-electron chi connectivity index (χ1n) is 4.01. The lowest BCUT2D eigenvalue weighted by Crippen LogP contribution is -2.06. The van der Waals surface area contributed by atoms with Gasteiger partial charge in [-0.3, -0.25) is 4.79 Å². The fourth-order valence-electron chi connectivity index (χ4n) is 1.04. The molecular weight excluding hydrogens is 182 g/mol. The smallest absolute Gasteiger partial charge is 0.224 e. The predicted molar refractivity (Wildman–Crippen MR) is 53.5 cm³/mol. The summed E-state index contributed by atoms with van der Waals surface area (Å²) in [6.45, 7) is 3.21. The van der Waals surface area contributed by atoms with Crippen LogP contribution in [-0.4, -0.2) is 20.1 Å².